The van der Waals surface area contributed by atoms with Crippen LogP contribution in [0, 0.1) is 11.8 Å². The molecule has 0 aromatic heterocycles. The number of rotatable bonds is 18. The maximum absolute atomic E-state index is 10.7. The van der Waals surface area contributed by atoms with Gasteiger partial charge in [-0.25, -0.2) is 0 Å². The molecule has 30 heavy (non-hydrogen) atoms. The first-order chi connectivity index (χ1) is 14.7. The van der Waals surface area contributed by atoms with Gasteiger partial charge in [-0.05, 0) is 50.4 Å². The monoisotopic (exact) mass is 424 g/mol. The number of aliphatic hydroxyl groups excluding tert-OH is 2. The second-order valence-electron chi connectivity index (χ2n) is 10.3. The third-order valence-corrected chi connectivity index (χ3v) is 7.59. The highest BCUT2D eigenvalue weighted by Gasteiger charge is 2.25. The van der Waals surface area contributed by atoms with Gasteiger partial charge in [-0.1, -0.05) is 117 Å². The molecular formula is C28H56O2. The summed E-state index contributed by atoms with van der Waals surface area (Å²) in [5.41, 5.74) is 0. The van der Waals surface area contributed by atoms with Gasteiger partial charge < -0.3 is 10.2 Å². The molecule has 1 saturated carbocycles. The van der Waals surface area contributed by atoms with E-state index in [1.54, 1.807) is 0 Å². The van der Waals surface area contributed by atoms with Crippen molar-refractivity contribution in [1.82, 2.24) is 0 Å². The highest BCUT2D eigenvalue weighted by molar-refractivity contribution is 4.77. The number of hydrogen-bond acceptors (Lipinski definition) is 2. The Morgan fingerprint density at radius 1 is 0.500 bits per heavy atom. The van der Waals surface area contributed by atoms with Crippen LogP contribution in [0.5, 0.6) is 0 Å². The highest BCUT2D eigenvalue weighted by Crippen LogP contribution is 2.32. The molecule has 1 rings (SSSR count). The molecule has 2 N–H and O–H groups in total. The van der Waals surface area contributed by atoms with Crippen molar-refractivity contribution in [3.63, 3.8) is 0 Å². The molecule has 2 heteroatoms. The van der Waals surface area contributed by atoms with Crippen LogP contribution in [0.1, 0.15) is 155 Å². The molecule has 0 aromatic rings. The molecular weight excluding hydrogens is 368 g/mol. The highest BCUT2D eigenvalue weighted by atomic mass is 16.3. The molecule has 1 fully saturated rings. The Hall–Kier alpha value is -0.0800. The third-order valence-electron chi connectivity index (χ3n) is 7.59. The molecule has 0 spiro atoms. The fraction of sp³-hybridized carbons (Fsp3) is 1.00. The second-order valence-corrected chi connectivity index (χ2v) is 10.3. The number of unbranched alkanes of at least 4 members (excludes halogenated alkanes) is 12. The van der Waals surface area contributed by atoms with Crippen LogP contribution in [-0.2, 0) is 0 Å². The first-order valence-electron chi connectivity index (χ1n) is 14.0. The molecule has 0 saturated heterocycles. The predicted molar refractivity (Wildman–Crippen MR) is 132 cm³/mol. The van der Waals surface area contributed by atoms with Crippen LogP contribution < -0.4 is 0 Å². The molecule has 1 aliphatic rings. The average Bonchev–Trinajstić information content (AvgIpc) is 2.72. The Morgan fingerprint density at radius 3 is 1.13 bits per heavy atom. The van der Waals surface area contributed by atoms with Gasteiger partial charge in [0.15, 0.2) is 0 Å². The molecule has 0 bridgehead atoms. The average molecular weight is 425 g/mol. The minimum Gasteiger partial charge on any atom is -0.393 e. The van der Waals surface area contributed by atoms with E-state index in [1.807, 2.05) is 0 Å². The summed E-state index contributed by atoms with van der Waals surface area (Å²) in [5.74, 6) is 1.01. The summed E-state index contributed by atoms with van der Waals surface area (Å²) >= 11 is 0. The van der Waals surface area contributed by atoms with Crippen molar-refractivity contribution in [3.05, 3.63) is 0 Å². The molecule has 0 aliphatic heterocycles. The molecule has 1 aliphatic carbocycles. The fourth-order valence-electron chi connectivity index (χ4n) is 5.44. The summed E-state index contributed by atoms with van der Waals surface area (Å²) in [6.07, 6.45) is 27.4. The normalized spacial score (nSPS) is 22.4. The lowest BCUT2D eigenvalue weighted by Crippen LogP contribution is -2.26. The van der Waals surface area contributed by atoms with E-state index in [4.69, 9.17) is 0 Å². The SMILES string of the molecule is CCCCCCCCCC(O)C1CCCC(C(O)CCCCCCCCC)CCC1. The first-order valence-corrected chi connectivity index (χ1v) is 14.0. The van der Waals surface area contributed by atoms with Crippen LogP contribution in [0.4, 0.5) is 0 Å². The van der Waals surface area contributed by atoms with E-state index in [-0.39, 0.29) is 12.2 Å². The summed E-state index contributed by atoms with van der Waals surface area (Å²) in [6, 6.07) is 0. The van der Waals surface area contributed by atoms with E-state index >= 15 is 0 Å². The van der Waals surface area contributed by atoms with E-state index in [2.05, 4.69) is 13.8 Å². The maximum Gasteiger partial charge on any atom is 0.0568 e. The van der Waals surface area contributed by atoms with Gasteiger partial charge in [-0.15, -0.1) is 0 Å². The zero-order valence-corrected chi connectivity index (χ0v) is 20.8. The Morgan fingerprint density at radius 2 is 0.800 bits per heavy atom. The smallest absolute Gasteiger partial charge is 0.0568 e. The van der Waals surface area contributed by atoms with Crippen LogP contribution in [0.2, 0.25) is 0 Å². The van der Waals surface area contributed by atoms with Gasteiger partial charge in [0.2, 0.25) is 0 Å². The lowest BCUT2D eigenvalue weighted by atomic mass is 9.79. The third kappa shape index (κ3) is 14.1. The topological polar surface area (TPSA) is 40.5 Å². The van der Waals surface area contributed by atoms with E-state index in [0.717, 1.165) is 38.5 Å². The van der Waals surface area contributed by atoms with E-state index in [9.17, 15) is 10.2 Å². The molecule has 0 heterocycles. The first kappa shape index (κ1) is 28.0. The molecule has 0 radical (unpaired) electrons. The van der Waals surface area contributed by atoms with Gasteiger partial charge in [0.1, 0.15) is 0 Å². The van der Waals surface area contributed by atoms with Gasteiger partial charge in [0.25, 0.3) is 0 Å². The maximum atomic E-state index is 10.7. The summed E-state index contributed by atoms with van der Waals surface area (Å²) in [6.45, 7) is 4.54. The summed E-state index contributed by atoms with van der Waals surface area (Å²) < 4.78 is 0. The molecule has 2 unspecified atom stereocenters. The van der Waals surface area contributed by atoms with E-state index in [0.29, 0.717) is 11.8 Å². The zero-order valence-electron chi connectivity index (χ0n) is 20.8. The van der Waals surface area contributed by atoms with Gasteiger partial charge in [0, 0.05) is 0 Å². The van der Waals surface area contributed by atoms with Crippen LogP contribution in [0.3, 0.4) is 0 Å². The number of hydrogen-bond donors (Lipinski definition) is 2. The Bertz CT molecular complexity index is 315. The molecule has 0 amide bonds. The zero-order chi connectivity index (χ0) is 21.9. The Balaban J connectivity index is 2.10. The van der Waals surface area contributed by atoms with Crippen LogP contribution >= 0.6 is 0 Å². The van der Waals surface area contributed by atoms with Crippen LogP contribution in [0.15, 0.2) is 0 Å². The van der Waals surface area contributed by atoms with Crippen LogP contribution in [0.25, 0.3) is 0 Å². The van der Waals surface area contributed by atoms with E-state index in [1.165, 1.54) is 103 Å². The fourth-order valence-corrected chi connectivity index (χ4v) is 5.44. The number of aliphatic hydroxyl groups is 2. The lowest BCUT2D eigenvalue weighted by molar-refractivity contribution is 0.0538. The molecule has 2 atom stereocenters. The Labute approximate surface area is 189 Å². The van der Waals surface area contributed by atoms with Crippen molar-refractivity contribution in [2.24, 2.45) is 11.8 Å². The van der Waals surface area contributed by atoms with Crippen molar-refractivity contribution in [2.75, 3.05) is 0 Å². The lowest BCUT2D eigenvalue weighted by Gasteiger charge is -2.30. The minimum absolute atomic E-state index is 0.0881. The standard InChI is InChI=1S/C28H56O2/c1-3-5-7-9-11-13-15-23-27(29)25-19-17-21-26(22-18-20-25)28(30)24-16-14-12-10-8-6-4-2/h25-30H,3-24H2,1-2H3. The van der Waals surface area contributed by atoms with Crippen LogP contribution in [-0.4, -0.2) is 22.4 Å². The summed E-state index contributed by atoms with van der Waals surface area (Å²) in [7, 11) is 0. The predicted octanol–water partition coefficient (Wildman–Crippen LogP) is 8.58. The van der Waals surface area contributed by atoms with Gasteiger partial charge in [-0.2, -0.15) is 0 Å². The Kier molecular flexibility index (Phi) is 18.3. The van der Waals surface area contributed by atoms with Crippen molar-refractivity contribution in [1.29, 1.82) is 0 Å². The van der Waals surface area contributed by atoms with Crippen molar-refractivity contribution < 1.29 is 10.2 Å². The summed E-state index contributed by atoms with van der Waals surface area (Å²) in [4.78, 5) is 0. The van der Waals surface area contributed by atoms with Crippen molar-refractivity contribution in [3.8, 4) is 0 Å². The largest absolute Gasteiger partial charge is 0.393 e. The van der Waals surface area contributed by atoms with Crippen molar-refractivity contribution >= 4 is 0 Å². The molecule has 0 aromatic carbocycles. The van der Waals surface area contributed by atoms with Gasteiger partial charge in [-0.3, -0.25) is 0 Å². The van der Waals surface area contributed by atoms with Gasteiger partial charge >= 0.3 is 0 Å². The summed E-state index contributed by atoms with van der Waals surface area (Å²) in [5, 5.41) is 21.4. The van der Waals surface area contributed by atoms with E-state index < -0.39 is 0 Å². The van der Waals surface area contributed by atoms with Crippen molar-refractivity contribution in [2.45, 2.75) is 167 Å². The quantitative estimate of drug-likeness (QED) is 0.216. The van der Waals surface area contributed by atoms with Gasteiger partial charge in [0.05, 0.1) is 12.2 Å². The molecule has 2 nitrogen and oxygen atoms in total. The molecule has 180 valence electrons. The second kappa shape index (κ2) is 19.6. The minimum atomic E-state index is -0.0881.